The van der Waals surface area contributed by atoms with Gasteiger partial charge in [-0.15, -0.1) is 0 Å². The van der Waals surface area contributed by atoms with Crippen LogP contribution < -0.4 is 15.5 Å². The molecule has 0 aliphatic heterocycles. The van der Waals surface area contributed by atoms with E-state index in [2.05, 4.69) is 15.8 Å². The quantitative estimate of drug-likeness (QED) is 0.0964. The molecule has 13 heteroatoms. The van der Waals surface area contributed by atoms with Crippen molar-refractivity contribution in [3.05, 3.63) is 110 Å². The van der Waals surface area contributed by atoms with E-state index in [1.807, 2.05) is 0 Å². The zero-order chi connectivity index (χ0) is 27.5. The zero-order valence-corrected chi connectivity index (χ0v) is 19.7. The summed E-state index contributed by atoms with van der Waals surface area (Å²) in [6.45, 7) is 0.193. The highest BCUT2D eigenvalue weighted by molar-refractivity contribution is 5.94. The molecule has 0 saturated heterocycles. The van der Waals surface area contributed by atoms with Crippen LogP contribution in [0.2, 0.25) is 0 Å². The largest absolute Gasteiger partial charge is 0.423 e. The second kappa shape index (κ2) is 13.0. The summed E-state index contributed by atoms with van der Waals surface area (Å²) in [7, 11) is 0. The van der Waals surface area contributed by atoms with Gasteiger partial charge in [-0.25, -0.2) is 10.2 Å². The Hall–Kier alpha value is -5.46. The first-order chi connectivity index (χ1) is 18.2. The number of rotatable bonds is 11. The first-order valence-electron chi connectivity index (χ1n) is 11.1. The van der Waals surface area contributed by atoms with Gasteiger partial charge in [0, 0.05) is 42.8 Å². The normalized spacial score (nSPS) is 10.5. The number of non-ortho nitro benzene ring substituents is 2. The molecule has 0 heterocycles. The molecule has 2 N–H and O–H groups in total. The van der Waals surface area contributed by atoms with Crippen LogP contribution in [0.15, 0.2) is 77.9 Å². The van der Waals surface area contributed by atoms with E-state index in [4.69, 9.17) is 4.74 Å². The second-order valence-corrected chi connectivity index (χ2v) is 7.72. The van der Waals surface area contributed by atoms with Gasteiger partial charge >= 0.3 is 5.97 Å². The fourth-order valence-electron chi connectivity index (χ4n) is 3.06. The lowest BCUT2D eigenvalue weighted by Gasteiger charge is -2.05. The van der Waals surface area contributed by atoms with Crippen LogP contribution in [-0.2, 0) is 4.79 Å². The number of nitrogens with zero attached hydrogens (tertiary/aromatic N) is 3. The highest BCUT2D eigenvalue weighted by atomic mass is 16.6. The van der Waals surface area contributed by atoms with Gasteiger partial charge in [0.1, 0.15) is 5.75 Å². The molecule has 0 radical (unpaired) electrons. The van der Waals surface area contributed by atoms with E-state index >= 15 is 0 Å². The number of hydrogen-bond acceptors (Lipinski definition) is 9. The monoisotopic (exact) mass is 519 g/mol. The van der Waals surface area contributed by atoms with Gasteiger partial charge in [-0.05, 0) is 54.4 Å². The van der Waals surface area contributed by atoms with Gasteiger partial charge in [-0.2, -0.15) is 5.10 Å². The third-order valence-electron chi connectivity index (χ3n) is 4.99. The van der Waals surface area contributed by atoms with Gasteiger partial charge in [0.25, 0.3) is 17.3 Å². The Kier molecular flexibility index (Phi) is 9.29. The Morgan fingerprint density at radius 2 is 1.55 bits per heavy atom. The molecule has 0 bridgehead atoms. The van der Waals surface area contributed by atoms with Crippen LogP contribution in [0.1, 0.15) is 39.1 Å². The smallest absolute Gasteiger partial charge is 0.343 e. The molecule has 0 aliphatic carbocycles. The van der Waals surface area contributed by atoms with Crippen LogP contribution in [0.4, 0.5) is 11.4 Å². The number of hydrogen-bond donors (Lipinski definition) is 2. The van der Waals surface area contributed by atoms with E-state index in [0.29, 0.717) is 12.0 Å². The summed E-state index contributed by atoms with van der Waals surface area (Å²) in [5.41, 5.74) is 2.97. The van der Waals surface area contributed by atoms with Gasteiger partial charge in [0.05, 0.1) is 21.6 Å². The topological polar surface area (TPSA) is 183 Å². The molecule has 0 unspecified atom stereocenters. The summed E-state index contributed by atoms with van der Waals surface area (Å²) < 4.78 is 5.23. The third-order valence-corrected chi connectivity index (χ3v) is 4.99. The van der Waals surface area contributed by atoms with Crippen LogP contribution in [0.3, 0.4) is 0 Å². The van der Waals surface area contributed by atoms with Crippen molar-refractivity contribution in [3.8, 4) is 5.75 Å². The molecule has 0 spiro atoms. The van der Waals surface area contributed by atoms with Crippen molar-refractivity contribution in [1.82, 2.24) is 10.7 Å². The number of hydrazone groups is 1. The van der Waals surface area contributed by atoms with Crippen LogP contribution in [0.25, 0.3) is 0 Å². The Balaban J connectivity index is 1.38. The maximum Gasteiger partial charge on any atom is 0.343 e. The summed E-state index contributed by atoms with van der Waals surface area (Å²) in [4.78, 5) is 56.5. The average molecular weight is 519 g/mol. The standard InChI is InChI=1S/C25H21N5O8/c31-23(5-2-14-26-24(32)19-3-1-4-21(15-19)30(36)37)28-27-16-17-6-12-22(13-7-17)38-25(33)18-8-10-20(11-9-18)29(34)35/h1,3-4,6-13,15-16H,2,5,14H2,(H,26,32)(H,28,31). The fourth-order valence-corrected chi connectivity index (χ4v) is 3.06. The molecule has 0 aliphatic rings. The van der Waals surface area contributed by atoms with Crippen molar-refractivity contribution in [2.45, 2.75) is 12.8 Å². The Morgan fingerprint density at radius 1 is 0.868 bits per heavy atom. The average Bonchev–Trinajstić information content (AvgIpc) is 2.92. The summed E-state index contributed by atoms with van der Waals surface area (Å²) in [5.74, 6) is -1.27. The number of carbonyl (C=O) groups excluding carboxylic acids is 3. The van der Waals surface area contributed by atoms with Crippen LogP contribution in [-0.4, -0.2) is 40.4 Å². The predicted octanol–water partition coefficient (Wildman–Crippen LogP) is 3.38. The van der Waals surface area contributed by atoms with Crippen molar-refractivity contribution in [1.29, 1.82) is 0 Å². The fraction of sp³-hybridized carbons (Fsp3) is 0.120. The molecule has 0 atom stereocenters. The first-order valence-corrected chi connectivity index (χ1v) is 11.1. The molecule has 194 valence electrons. The minimum atomic E-state index is -0.671. The molecule has 38 heavy (non-hydrogen) atoms. The zero-order valence-electron chi connectivity index (χ0n) is 19.7. The van der Waals surface area contributed by atoms with Gasteiger partial charge in [0.2, 0.25) is 5.91 Å². The Morgan fingerprint density at radius 3 is 2.21 bits per heavy atom. The SMILES string of the molecule is O=C(CCCNC(=O)c1cccc([N+](=O)[O-])c1)NN=Cc1ccc(OC(=O)c2ccc([N+](=O)[O-])cc2)cc1. The van der Waals surface area contributed by atoms with E-state index in [0.717, 1.165) is 0 Å². The predicted molar refractivity (Wildman–Crippen MR) is 135 cm³/mol. The maximum absolute atomic E-state index is 12.2. The van der Waals surface area contributed by atoms with Gasteiger partial charge < -0.3 is 10.1 Å². The van der Waals surface area contributed by atoms with Crippen molar-refractivity contribution in [2.75, 3.05) is 6.54 Å². The van der Waals surface area contributed by atoms with Crippen LogP contribution in [0, 0.1) is 20.2 Å². The number of nitrogens with one attached hydrogen (secondary N) is 2. The van der Waals surface area contributed by atoms with E-state index in [9.17, 15) is 34.6 Å². The molecular formula is C25H21N5O8. The lowest BCUT2D eigenvalue weighted by Crippen LogP contribution is -2.26. The van der Waals surface area contributed by atoms with E-state index in [-0.39, 0.29) is 47.1 Å². The van der Waals surface area contributed by atoms with Crippen molar-refractivity contribution in [2.24, 2.45) is 5.10 Å². The molecule has 0 fully saturated rings. The van der Waals surface area contributed by atoms with Gasteiger partial charge in [0.15, 0.2) is 0 Å². The van der Waals surface area contributed by atoms with Crippen LogP contribution in [0.5, 0.6) is 5.75 Å². The number of esters is 1. The number of nitro groups is 2. The summed E-state index contributed by atoms with van der Waals surface area (Å²) in [6.07, 6.45) is 1.81. The first kappa shape index (κ1) is 27.1. The summed E-state index contributed by atoms with van der Waals surface area (Å²) in [5, 5.41) is 27.9. The lowest BCUT2D eigenvalue weighted by atomic mass is 10.2. The molecule has 3 aromatic carbocycles. The molecule has 0 aromatic heterocycles. The van der Waals surface area contributed by atoms with E-state index in [1.165, 1.54) is 66.9 Å². The minimum absolute atomic E-state index is 0.0874. The Bertz CT molecular complexity index is 1370. The number of ether oxygens (including phenoxy) is 1. The van der Waals surface area contributed by atoms with Gasteiger partial charge in [-0.3, -0.25) is 29.8 Å². The lowest BCUT2D eigenvalue weighted by molar-refractivity contribution is -0.385. The molecule has 3 aromatic rings. The highest BCUT2D eigenvalue weighted by Crippen LogP contribution is 2.16. The number of nitro benzene ring substituents is 2. The molecular weight excluding hydrogens is 498 g/mol. The molecule has 3 rings (SSSR count). The number of amides is 2. The molecule has 13 nitrogen and oxygen atoms in total. The van der Waals surface area contributed by atoms with E-state index < -0.39 is 21.7 Å². The third kappa shape index (κ3) is 8.05. The van der Waals surface area contributed by atoms with Crippen LogP contribution >= 0.6 is 0 Å². The molecule has 0 saturated carbocycles. The summed E-state index contributed by atoms with van der Waals surface area (Å²) >= 11 is 0. The Labute approximate surface area is 215 Å². The second-order valence-electron chi connectivity index (χ2n) is 7.72. The van der Waals surface area contributed by atoms with E-state index in [1.54, 1.807) is 12.1 Å². The number of carbonyl (C=O) groups is 3. The number of benzene rings is 3. The highest BCUT2D eigenvalue weighted by Gasteiger charge is 2.12. The maximum atomic E-state index is 12.2. The molecule has 2 amide bonds. The van der Waals surface area contributed by atoms with Crippen molar-refractivity contribution < 1.29 is 29.0 Å². The van der Waals surface area contributed by atoms with Crippen molar-refractivity contribution in [3.63, 3.8) is 0 Å². The van der Waals surface area contributed by atoms with Crippen molar-refractivity contribution >= 4 is 35.4 Å². The summed E-state index contributed by atoms with van der Waals surface area (Å²) in [6, 6.07) is 16.6. The van der Waals surface area contributed by atoms with Gasteiger partial charge in [-0.1, -0.05) is 6.07 Å². The minimum Gasteiger partial charge on any atom is -0.423 e.